The number of anilines is 1. The zero-order chi connectivity index (χ0) is 24.9. The highest BCUT2D eigenvalue weighted by Gasteiger charge is 2.20. The van der Waals surface area contributed by atoms with Gasteiger partial charge in [0, 0.05) is 49.9 Å². The third-order valence-electron chi connectivity index (χ3n) is 6.07. The monoisotopic (exact) mass is 470 g/mol. The van der Waals surface area contributed by atoms with Crippen LogP contribution in [0.5, 0.6) is 11.5 Å². The Morgan fingerprint density at radius 1 is 1.20 bits per heavy atom. The molecule has 1 aromatic heterocycles. The van der Waals surface area contributed by atoms with Crippen molar-refractivity contribution in [2.24, 2.45) is 10.7 Å². The van der Waals surface area contributed by atoms with E-state index in [1.54, 1.807) is 25.4 Å². The lowest BCUT2D eigenvalue weighted by Gasteiger charge is -2.31. The number of benzene rings is 1. The zero-order valence-electron chi connectivity index (χ0n) is 20.3. The van der Waals surface area contributed by atoms with Crippen molar-refractivity contribution < 1.29 is 9.53 Å². The zero-order valence-corrected chi connectivity index (χ0v) is 20.3. The van der Waals surface area contributed by atoms with E-state index in [1.165, 1.54) is 11.1 Å². The lowest BCUT2D eigenvalue weighted by atomic mass is 9.93. The van der Waals surface area contributed by atoms with E-state index in [0.717, 1.165) is 42.2 Å². The largest absolute Gasteiger partial charge is 0.457 e. The standard InChI is InChI=1S/C27H30N6O2/c1-17-16-31-26(28)25(17)18(2)20-10-13-33(14-11-20)19(3)32-21-5-7-22(8-6-21)35-23-9-12-30-24(15-23)27(34)29-4/h5-10,12,15-16,32H,3,11,13-14H2,1-2,4H3,(H2,28,31)(H,29,34)/b25-18+. The minimum atomic E-state index is -0.261. The van der Waals surface area contributed by atoms with E-state index in [4.69, 9.17) is 10.5 Å². The van der Waals surface area contributed by atoms with Crippen molar-refractivity contribution in [2.75, 3.05) is 25.5 Å². The fraction of sp³-hybridized carbons (Fsp3) is 0.222. The van der Waals surface area contributed by atoms with E-state index in [1.807, 2.05) is 37.4 Å². The van der Waals surface area contributed by atoms with Crippen LogP contribution in [-0.2, 0) is 0 Å². The van der Waals surface area contributed by atoms with Gasteiger partial charge in [0.25, 0.3) is 5.91 Å². The molecule has 0 atom stereocenters. The first-order valence-electron chi connectivity index (χ1n) is 11.4. The van der Waals surface area contributed by atoms with E-state index in [-0.39, 0.29) is 5.91 Å². The van der Waals surface area contributed by atoms with Gasteiger partial charge < -0.3 is 26.0 Å². The van der Waals surface area contributed by atoms with Gasteiger partial charge in [-0.1, -0.05) is 12.7 Å². The van der Waals surface area contributed by atoms with E-state index in [0.29, 0.717) is 23.0 Å². The highest BCUT2D eigenvalue weighted by Crippen LogP contribution is 2.29. The Balaban J connectivity index is 1.35. The number of ether oxygens (including phenoxy) is 1. The summed E-state index contributed by atoms with van der Waals surface area (Å²) in [5, 5.41) is 5.92. The van der Waals surface area contributed by atoms with Gasteiger partial charge in [-0.05, 0) is 67.3 Å². The van der Waals surface area contributed by atoms with Crippen LogP contribution in [0, 0.1) is 0 Å². The number of hydrogen-bond acceptors (Lipinski definition) is 7. The second-order valence-corrected chi connectivity index (χ2v) is 8.41. The first kappa shape index (κ1) is 23.8. The fourth-order valence-electron chi connectivity index (χ4n) is 4.12. The first-order chi connectivity index (χ1) is 16.9. The Kier molecular flexibility index (Phi) is 7.01. The predicted octanol–water partition coefficient (Wildman–Crippen LogP) is 4.34. The van der Waals surface area contributed by atoms with Crippen LogP contribution in [0.1, 0.15) is 30.8 Å². The molecule has 0 fully saturated rings. The summed E-state index contributed by atoms with van der Waals surface area (Å²) in [5.41, 5.74) is 11.9. The average molecular weight is 471 g/mol. The van der Waals surface area contributed by atoms with Crippen molar-refractivity contribution in [1.82, 2.24) is 15.2 Å². The molecule has 4 rings (SSSR count). The summed E-state index contributed by atoms with van der Waals surface area (Å²) in [6, 6.07) is 10.9. The summed E-state index contributed by atoms with van der Waals surface area (Å²) in [6.07, 6.45) is 6.51. The van der Waals surface area contributed by atoms with Crippen LogP contribution < -0.4 is 21.1 Å². The number of allylic oxidation sites excluding steroid dienone is 1. The Labute approximate surface area is 205 Å². The molecule has 0 bridgehead atoms. The Bertz CT molecular complexity index is 1250. The lowest BCUT2D eigenvalue weighted by Crippen LogP contribution is -2.31. The van der Waals surface area contributed by atoms with Crippen molar-refractivity contribution in [3.63, 3.8) is 0 Å². The van der Waals surface area contributed by atoms with Crippen molar-refractivity contribution in [2.45, 2.75) is 20.3 Å². The molecule has 0 saturated carbocycles. The van der Waals surface area contributed by atoms with Gasteiger partial charge in [-0.25, -0.2) is 4.99 Å². The minimum absolute atomic E-state index is 0.261. The van der Waals surface area contributed by atoms with Crippen molar-refractivity contribution >= 4 is 17.4 Å². The van der Waals surface area contributed by atoms with Gasteiger partial charge in [0.05, 0.1) is 5.82 Å². The molecule has 4 N–H and O–H groups in total. The molecule has 0 radical (unpaired) electrons. The summed E-state index contributed by atoms with van der Waals surface area (Å²) in [4.78, 5) is 22.3. The Morgan fingerprint density at radius 3 is 2.60 bits per heavy atom. The number of nitrogens with two attached hydrogens (primary N) is 1. The number of aliphatic imine (C=N–C) groups is 1. The third kappa shape index (κ3) is 5.43. The number of hydrogen-bond donors (Lipinski definition) is 3. The van der Waals surface area contributed by atoms with Gasteiger partial charge in [-0.2, -0.15) is 0 Å². The van der Waals surface area contributed by atoms with Crippen LogP contribution in [0.3, 0.4) is 0 Å². The number of carbonyl (C=O) groups excluding carboxylic acids is 1. The molecule has 2 aliphatic heterocycles. The number of nitrogens with one attached hydrogen (secondary N) is 2. The molecule has 0 unspecified atom stereocenters. The van der Waals surface area contributed by atoms with Crippen molar-refractivity contribution in [1.29, 1.82) is 0 Å². The second-order valence-electron chi connectivity index (χ2n) is 8.41. The molecule has 8 nitrogen and oxygen atoms in total. The molecule has 0 aliphatic carbocycles. The highest BCUT2D eigenvalue weighted by molar-refractivity contribution is 6.04. The van der Waals surface area contributed by atoms with Crippen LogP contribution in [0.2, 0.25) is 0 Å². The summed E-state index contributed by atoms with van der Waals surface area (Å²) in [6.45, 7) is 10.0. The number of pyridine rings is 1. The predicted molar refractivity (Wildman–Crippen MR) is 139 cm³/mol. The molecule has 1 amide bonds. The normalized spacial score (nSPS) is 16.7. The minimum Gasteiger partial charge on any atom is -0.457 e. The topological polar surface area (TPSA) is 105 Å². The molecule has 8 heteroatoms. The van der Waals surface area contributed by atoms with Gasteiger partial charge in [0.15, 0.2) is 0 Å². The maximum atomic E-state index is 11.8. The molecule has 2 aromatic rings. The number of carbonyl (C=O) groups is 1. The quantitative estimate of drug-likeness (QED) is 0.556. The summed E-state index contributed by atoms with van der Waals surface area (Å²) in [5.74, 6) is 2.37. The second kappa shape index (κ2) is 10.3. The highest BCUT2D eigenvalue weighted by atomic mass is 16.5. The van der Waals surface area contributed by atoms with Crippen LogP contribution in [0.25, 0.3) is 0 Å². The summed E-state index contributed by atoms with van der Waals surface area (Å²) >= 11 is 0. The fourth-order valence-corrected chi connectivity index (χ4v) is 4.12. The van der Waals surface area contributed by atoms with Crippen LogP contribution >= 0.6 is 0 Å². The number of nitrogens with zero attached hydrogens (tertiary/aromatic N) is 3. The Hall–Kier alpha value is -4.33. The molecule has 0 spiro atoms. The average Bonchev–Trinajstić information content (AvgIpc) is 3.22. The van der Waals surface area contributed by atoms with E-state index in [9.17, 15) is 4.79 Å². The SMILES string of the molecule is C=C(Nc1ccc(Oc2ccnc(C(=O)NC)c2)cc1)N1CC=C(/C(C)=C2\C(C)=CN=C2N)CC1. The van der Waals surface area contributed by atoms with Crippen LogP contribution in [-0.4, -0.2) is 41.8 Å². The van der Waals surface area contributed by atoms with Gasteiger partial charge in [0.1, 0.15) is 23.0 Å². The maximum Gasteiger partial charge on any atom is 0.269 e. The number of aromatic nitrogens is 1. The van der Waals surface area contributed by atoms with Gasteiger partial charge >= 0.3 is 0 Å². The molecule has 0 saturated heterocycles. The Morgan fingerprint density at radius 2 is 1.97 bits per heavy atom. The number of rotatable bonds is 7. The summed E-state index contributed by atoms with van der Waals surface area (Å²) < 4.78 is 5.87. The molecular formula is C27H30N6O2. The molecule has 3 heterocycles. The first-order valence-corrected chi connectivity index (χ1v) is 11.4. The molecule has 35 heavy (non-hydrogen) atoms. The molecular weight excluding hydrogens is 440 g/mol. The number of amidine groups is 1. The summed E-state index contributed by atoms with van der Waals surface area (Å²) in [7, 11) is 1.56. The van der Waals surface area contributed by atoms with Gasteiger partial charge in [-0.15, -0.1) is 0 Å². The van der Waals surface area contributed by atoms with E-state index < -0.39 is 0 Å². The van der Waals surface area contributed by atoms with Gasteiger partial charge in [0.2, 0.25) is 0 Å². The van der Waals surface area contributed by atoms with Crippen molar-refractivity contribution in [3.05, 3.63) is 95.3 Å². The lowest BCUT2D eigenvalue weighted by molar-refractivity contribution is 0.0958. The van der Waals surface area contributed by atoms with Crippen LogP contribution in [0.4, 0.5) is 5.69 Å². The van der Waals surface area contributed by atoms with Crippen LogP contribution in [0.15, 0.2) is 94.6 Å². The molecule has 1 aromatic carbocycles. The van der Waals surface area contributed by atoms with E-state index in [2.05, 4.69) is 45.1 Å². The maximum absolute atomic E-state index is 11.8. The number of amides is 1. The van der Waals surface area contributed by atoms with E-state index >= 15 is 0 Å². The van der Waals surface area contributed by atoms with Gasteiger partial charge in [-0.3, -0.25) is 9.78 Å². The third-order valence-corrected chi connectivity index (χ3v) is 6.07. The molecule has 2 aliphatic rings. The molecule has 180 valence electrons. The smallest absolute Gasteiger partial charge is 0.269 e. The van der Waals surface area contributed by atoms with Crippen molar-refractivity contribution in [3.8, 4) is 11.5 Å².